The van der Waals surface area contributed by atoms with E-state index in [1.54, 1.807) is 42.5 Å². The van der Waals surface area contributed by atoms with E-state index in [1.165, 1.54) is 20.2 Å². The maximum Gasteiger partial charge on any atom is 0.253 e. The van der Waals surface area contributed by atoms with Crippen molar-refractivity contribution in [3.05, 3.63) is 101 Å². The summed E-state index contributed by atoms with van der Waals surface area (Å²) in [5.41, 5.74) is 2.72. The molecule has 0 radical (unpaired) electrons. The van der Waals surface area contributed by atoms with Gasteiger partial charge in [0, 0.05) is 36.9 Å². The Morgan fingerprint density at radius 3 is 2.55 bits per heavy atom. The van der Waals surface area contributed by atoms with Crippen molar-refractivity contribution in [1.82, 2.24) is 5.32 Å². The number of hydrogen-bond acceptors (Lipinski definition) is 7. The van der Waals surface area contributed by atoms with Crippen molar-refractivity contribution in [2.45, 2.75) is 37.5 Å². The predicted octanol–water partition coefficient (Wildman–Crippen LogP) is 3.97. The van der Waals surface area contributed by atoms with Gasteiger partial charge in [0.1, 0.15) is 18.5 Å². The number of hydrogen-bond donors (Lipinski definition) is 3. The third kappa shape index (κ3) is 9.06. The van der Waals surface area contributed by atoms with Gasteiger partial charge in [0.25, 0.3) is 11.8 Å². The molecule has 3 aromatic rings. The molecule has 0 saturated carbocycles. The molecule has 4 rings (SSSR count). The second-order valence-corrected chi connectivity index (χ2v) is 13.0. The van der Waals surface area contributed by atoms with Crippen LogP contribution in [0.2, 0.25) is 5.02 Å². The Balaban J connectivity index is 1.63. The Morgan fingerprint density at radius 1 is 1.11 bits per heavy atom. The highest BCUT2D eigenvalue weighted by molar-refractivity contribution is 7.92. The zero-order valence-electron chi connectivity index (χ0n) is 24.7. The molecule has 1 aliphatic rings. The first-order chi connectivity index (χ1) is 20.9. The molecule has 0 spiro atoms. The van der Waals surface area contributed by atoms with E-state index >= 15 is 0 Å². The minimum Gasteiger partial charge on any atom is -0.491 e. The van der Waals surface area contributed by atoms with Gasteiger partial charge in [-0.15, -0.1) is 0 Å². The van der Waals surface area contributed by atoms with Gasteiger partial charge in [-0.25, -0.2) is 8.42 Å². The number of methoxy groups -OCH3 is 1. The topological polar surface area (TPSA) is 134 Å². The summed E-state index contributed by atoms with van der Waals surface area (Å²) in [5, 5.41) is 17.3. The quantitative estimate of drug-likeness (QED) is 0.317. The summed E-state index contributed by atoms with van der Waals surface area (Å²) in [6.07, 6.45) is 3.64. The third-order valence-corrected chi connectivity index (χ3v) is 8.65. The number of aliphatic hydroxyl groups excluding tert-OH is 1. The zero-order chi connectivity index (χ0) is 31.9. The maximum absolute atomic E-state index is 13.6. The first kappa shape index (κ1) is 33.0. The number of nitrogens with one attached hydrogen (secondary N) is 2. The Kier molecular flexibility index (Phi) is 11.0. The highest BCUT2D eigenvalue weighted by Gasteiger charge is 2.30. The fourth-order valence-electron chi connectivity index (χ4n) is 4.67. The standard InChI is InChI=1S/C32H36ClN3O7S/c1-36(44(3,40)41)26-15-22-9-5-4-8-21-10-6-13-27(16-21)43-20-28(35-31(38)23(14-22)17-26)29(37)19-30(42-2)32(39)34-25-12-7-11-24(33)18-25/h4-7,10-18,28-30,37H,8-9,19-20H2,1-3H3,(H,34,39)(H,35,38)/b5-4+/t28-,29-,30+/m0/s1. The van der Waals surface area contributed by atoms with Gasteiger partial charge in [-0.3, -0.25) is 13.9 Å². The van der Waals surface area contributed by atoms with Crippen LogP contribution in [0.1, 0.15) is 27.9 Å². The van der Waals surface area contributed by atoms with Crippen molar-refractivity contribution in [3.63, 3.8) is 0 Å². The first-order valence-electron chi connectivity index (χ1n) is 14.0. The van der Waals surface area contributed by atoms with Crippen LogP contribution in [0.25, 0.3) is 0 Å². The lowest BCUT2D eigenvalue weighted by atomic mass is 10.0. The number of fused-ring (bicyclic) bond motifs is 4. The van der Waals surface area contributed by atoms with Crippen molar-refractivity contribution in [2.24, 2.45) is 0 Å². The molecular formula is C32H36ClN3O7S. The number of rotatable bonds is 8. The molecule has 0 aliphatic carbocycles. The number of anilines is 2. The first-order valence-corrected chi connectivity index (χ1v) is 16.2. The van der Waals surface area contributed by atoms with Gasteiger partial charge in [0.05, 0.1) is 24.1 Å². The van der Waals surface area contributed by atoms with Crippen molar-refractivity contribution in [2.75, 3.05) is 36.6 Å². The van der Waals surface area contributed by atoms with Gasteiger partial charge in [0.15, 0.2) is 0 Å². The van der Waals surface area contributed by atoms with Crippen LogP contribution in [0.5, 0.6) is 5.75 Å². The molecular weight excluding hydrogens is 606 g/mol. The van der Waals surface area contributed by atoms with Gasteiger partial charge >= 0.3 is 0 Å². The molecule has 0 unspecified atom stereocenters. The Labute approximate surface area is 262 Å². The fourth-order valence-corrected chi connectivity index (χ4v) is 5.35. The van der Waals surface area contributed by atoms with Crippen LogP contribution < -0.4 is 19.7 Å². The molecule has 3 atom stereocenters. The second-order valence-electron chi connectivity index (χ2n) is 10.6. The summed E-state index contributed by atoms with van der Waals surface area (Å²) in [6, 6.07) is 18.0. The summed E-state index contributed by atoms with van der Waals surface area (Å²) in [4.78, 5) is 26.6. The van der Waals surface area contributed by atoms with Gasteiger partial charge in [-0.05, 0) is 72.5 Å². The number of carbonyl (C=O) groups is 2. The molecule has 44 heavy (non-hydrogen) atoms. The fraction of sp³-hybridized carbons (Fsp3) is 0.312. The van der Waals surface area contributed by atoms with Gasteiger partial charge < -0.3 is 25.2 Å². The Hall–Kier alpha value is -3.90. The summed E-state index contributed by atoms with van der Waals surface area (Å²) in [6.45, 7) is -0.117. The van der Waals surface area contributed by atoms with Crippen LogP contribution in [-0.4, -0.2) is 70.6 Å². The monoisotopic (exact) mass is 641 g/mol. The summed E-state index contributed by atoms with van der Waals surface area (Å²) < 4.78 is 37.1. The van der Waals surface area contributed by atoms with Crippen LogP contribution >= 0.6 is 11.6 Å². The van der Waals surface area contributed by atoms with Crippen molar-refractivity contribution in [1.29, 1.82) is 0 Å². The number of halogens is 1. The minimum atomic E-state index is -3.60. The zero-order valence-corrected chi connectivity index (χ0v) is 26.3. The summed E-state index contributed by atoms with van der Waals surface area (Å²) in [7, 11) is -0.827. The molecule has 0 aromatic heterocycles. The van der Waals surface area contributed by atoms with Crippen LogP contribution in [-0.2, 0) is 32.4 Å². The molecule has 3 N–H and O–H groups in total. The number of benzene rings is 3. The number of aliphatic hydroxyl groups is 1. The normalized spacial score (nSPS) is 17.6. The molecule has 0 saturated heterocycles. The molecule has 2 amide bonds. The lowest BCUT2D eigenvalue weighted by molar-refractivity contribution is -0.127. The summed E-state index contributed by atoms with van der Waals surface area (Å²) >= 11 is 6.03. The highest BCUT2D eigenvalue weighted by atomic mass is 35.5. The van der Waals surface area contributed by atoms with Crippen LogP contribution in [0.15, 0.2) is 78.9 Å². The Morgan fingerprint density at radius 2 is 1.84 bits per heavy atom. The van der Waals surface area contributed by atoms with Crippen molar-refractivity contribution < 1.29 is 32.6 Å². The number of carbonyl (C=O) groups excluding carboxylic acids is 2. The number of ether oxygens (including phenoxy) is 2. The predicted molar refractivity (Wildman–Crippen MR) is 171 cm³/mol. The average Bonchev–Trinajstić information content (AvgIpc) is 2.98. The minimum absolute atomic E-state index is 0.117. The molecule has 234 valence electrons. The van der Waals surface area contributed by atoms with Gasteiger partial charge in [-0.1, -0.05) is 42.0 Å². The average molecular weight is 642 g/mol. The lowest BCUT2D eigenvalue weighted by Crippen LogP contribution is -2.49. The molecule has 1 heterocycles. The van der Waals surface area contributed by atoms with Gasteiger partial charge in [-0.2, -0.15) is 0 Å². The molecule has 3 aromatic carbocycles. The van der Waals surface area contributed by atoms with E-state index in [0.29, 0.717) is 35.0 Å². The van der Waals surface area contributed by atoms with E-state index in [0.717, 1.165) is 21.7 Å². The molecule has 10 nitrogen and oxygen atoms in total. The van der Waals surface area contributed by atoms with E-state index in [2.05, 4.69) is 10.6 Å². The van der Waals surface area contributed by atoms with Crippen molar-refractivity contribution in [3.8, 4) is 5.75 Å². The SMILES string of the molecule is CO[C@H](C[C@H](O)[C@@H]1COc2cccc(c2)C/C=C/Cc2cc(cc(N(C)S(C)(=O)=O)c2)C(=O)N1)C(=O)Nc1cccc(Cl)c1. The smallest absolute Gasteiger partial charge is 0.253 e. The van der Waals surface area contributed by atoms with Crippen LogP contribution in [0, 0.1) is 0 Å². The van der Waals surface area contributed by atoms with E-state index in [9.17, 15) is 23.1 Å². The Bertz CT molecular complexity index is 1630. The van der Waals surface area contributed by atoms with E-state index in [1.807, 2.05) is 30.4 Å². The van der Waals surface area contributed by atoms with E-state index in [4.69, 9.17) is 21.1 Å². The van der Waals surface area contributed by atoms with Crippen LogP contribution in [0.4, 0.5) is 11.4 Å². The van der Waals surface area contributed by atoms with Gasteiger partial charge in [0.2, 0.25) is 10.0 Å². The van der Waals surface area contributed by atoms with E-state index < -0.39 is 40.1 Å². The second kappa shape index (κ2) is 14.7. The lowest BCUT2D eigenvalue weighted by Gasteiger charge is -2.27. The number of amides is 2. The number of sulfonamides is 1. The summed E-state index contributed by atoms with van der Waals surface area (Å²) in [5.74, 6) is -0.496. The van der Waals surface area contributed by atoms with Crippen LogP contribution in [0.3, 0.4) is 0 Å². The number of allylic oxidation sites excluding steroid dienone is 2. The largest absolute Gasteiger partial charge is 0.491 e. The molecule has 4 bridgehead atoms. The third-order valence-electron chi connectivity index (χ3n) is 7.21. The molecule has 1 aliphatic heterocycles. The molecule has 12 heteroatoms. The maximum atomic E-state index is 13.6. The van der Waals surface area contributed by atoms with E-state index in [-0.39, 0.29) is 18.6 Å². The molecule has 0 fully saturated rings. The van der Waals surface area contributed by atoms with Crippen molar-refractivity contribution >= 4 is 44.8 Å². The highest BCUT2D eigenvalue weighted by Crippen LogP contribution is 2.23. The number of nitrogens with zero attached hydrogens (tertiary/aromatic N) is 1.